The molecular formula is C9H19NO. The molecule has 0 saturated carbocycles. The van der Waals surface area contributed by atoms with E-state index in [1.54, 1.807) is 0 Å². The summed E-state index contributed by atoms with van der Waals surface area (Å²) in [6, 6.07) is 0. The lowest BCUT2D eigenvalue weighted by Crippen LogP contribution is -2.57. The van der Waals surface area contributed by atoms with Crippen LogP contribution in [0.25, 0.3) is 0 Å². The van der Waals surface area contributed by atoms with E-state index in [-0.39, 0.29) is 11.1 Å². The molecule has 1 rings (SSSR count). The van der Waals surface area contributed by atoms with Crippen molar-refractivity contribution in [2.24, 2.45) is 0 Å². The van der Waals surface area contributed by atoms with E-state index in [0.29, 0.717) is 0 Å². The third-order valence-corrected chi connectivity index (χ3v) is 2.47. The molecule has 0 atom stereocenters. The first-order valence-corrected chi connectivity index (χ1v) is 4.19. The Morgan fingerprint density at radius 1 is 1.18 bits per heavy atom. The fourth-order valence-electron chi connectivity index (χ4n) is 1.31. The predicted molar refractivity (Wildman–Crippen MR) is 46.7 cm³/mol. The van der Waals surface area contributed by atoms with E-state index in [4.69, 9.17) is 4.74 Å². The summed E-state index contributed by atoms with van der Waals surface area (Å²) in [4.78, 5) is 2.36. The SMILES string of the molecule is CN1CC(C)(C)OCC1(C)C. The summed E-state index contributed by atoms with van der Waals surface area (Å²) < 4.78 is 5.71. The highest BCUT2D eigenvalue weighted by molar-refractivity contribution is 4.89. The number of hydrogen-bond acceptors (Lipinski definition) is 2. The zero-order valence-corrected chi connectivity index (χ0v) is 8.27. The summed E-state index contributed by atoms with van der Waals surface area (Å²) in [6.45, 7) is 10.5. The lowest BCUT2D eigenvalue weighted by Gasteiger charge is -2.46. The van der Waals surface area contributed by atoms with Gasteiger partial charge in [0.2, 0.25) is 0 Å². The summed E-state index contributed by atoms with van der Waals surface area (Å²) in [7, 11) is 2.16. The van der Waals surface area contributed by atoms with E-state index < -0.39 is 0 Å². The number of ether oxygens (including phenoxy) is 1. The molecule has 2 heteroatoms. The van der Waals surface area contributed by atoms with Crippen LogP contribution < -0.4 is 0 Å². The maximum atomic E-state index is 5.71. The van der Waals surface area contributed by atoms with Gasteiger partial charge in [-0.25, -0.2) is 0 Å². The molecule has 0 N–H and O–H groups in total. The van der Waals surface area contributed by atoms with Crippen molar-refractivity contribution in [3.8, 4) is 0 Å². The smallest absolute Gasteiger partial charge is 0.0753 e. The van der Waals surface area contributed by atoms with Crippen LogP contribution in [0.4, 0.5) is 0 Å². The molecular weight excluding hydrogens is 138 g/mol. The van der Waals surface area contributed by atoms with Gasteiger partial charge in [0, 0.05) is 12.1 Å². The van der Waals surface area contributed by atoms with Crippen molar-refractivity contribution in [3.05, 3.63) is 0 Å². The molecule has 0 aromatic carbocycles. The van der Waals surface area contributed by atoms with Gasteiger partial charge < -0.3 is 4.74 Å². The molecule has 1 aliphatic heterocycles. The van der Waals surface area contributed by atoms with E-state index in [1.165, 1.54) is 0 Å². The second kappa shape index (κ2) is 2.46. The van der Waals surface area contributed by atoms with E-state index in [2.05, 4.69) is 39.6 Å². The molecule has 0 radical (unpaired) electrons. The van der Waals surface area contributed by atoms with Crippen LogP contribution in [-0.2, 0) is 4.74 Å². The van der Waals surface area contributed by atoms with E-state index in [1.807, 2.05) is 0 Å². The van der Waals surface area contributed by atoms with E-state index in [0.717, 1.165) is 13.2 Å². The van der Waals surface area contributed by atoms with Gasteiger partial charge in [0.25, 0.3) is 0 Å². The Bertz CT molecular complexity index is 152. The molecule has 0 bridgehead atoms. The quantitative estimate of drug-likeness (QED) is 0.528. The van der Waals surface area contributed by atoms with Crippen molar-refractivity contribution in [3.63, 3.8) is 0 Å². The van der Waals surface area contributed by atoms with Gasteiger partial charge in [0.15, 0.2) is 0 Å². The van der Waals surface area contributed by atoms with Crippen molar-refractivity contribution >= 4 is 0 Å². The highest BCUT2D eigenvalue weighted by Crippen LogP contribution is 2.25. The average Bonchev–Trinajstić information content (AvgIpc) is 1.81. The van der Waals surface area contributed by atoms with Gasteiger partial charge >= 0.3 is 0 Å². The summed E-state index contributed by atoms with van der Waals surface area (Å²) in [6.07, 6.45) is 0. The predicted octanol–water partition coefficient (Wildman–Crippen LogP) is 1.51. The Morgan fingerprint density at radius 2 is 1.73 bits per heavy atom. The van der Waals surface area contributed by atoms with Crippen LogP contribution in [0.15, 0.2) is 0 Å². The maximum Gasteiger partial charge on any atom is 0.0753 e. The summed E-state index contributed by atoms with van der Waals surface area (Å²) in [5, 5.41) is 0. The van der Waals surface area contributed by atoms with Crippen LogP contribution in [-0.4, -0.2) is 36.2 Å². The molecule has 11 heavy (non-hydrogen) atoms. The standard InChI is InChI=1S/C9H19NO/c1-8(2)7-11-9(3,4)6-10(8)5/h6-7H2,1-5H3. The molecule has 1 aliphatic rings. The molecule has 2 nitrogen and oxygen atoms in total. The Balaban J connectivity index is 2.63. The van der Waals surface area contributed by atoms with Crippen LogP contribution in [0.2, 0.25) is 0 Å². The first kappa shape index (κ1) is 9.01. The Labute approximate surface area is 69.5 Å². The Hall–Kier alpha value is -0.0800. The average molecular weight is 157 g/mol. The van der Waals surface area contributed by atoms with Crippen LogP contribution in [0.3, 0.4) is 0 Å². The van der Waals surface area contributed by atoms with Crippen molar-refractivity contribution < 1.29 is 4.74 Å². The van der Waals surface area contributed by atoms with E-state index in [9.17, 15) is 0 Å². The molecule has 0 aromatic rings. The number of morpholine rings is 1. The van der Waals surface area contributed by atoms with Crippen molar-refractivity contribution in [2.45, 2.75) is 38.8 Å². The number of likely N-dealkylation sites (N-methyl/N-ethyl adjacent to an activating group) is 1. The molecule has 0 amide bonds. The Kier molecular flexibility index (Phi) is 2.01. The van der Waals surface area contributed by atoms with Gasteiger partial charge in [-0.05, 0) is 34.7 Å². The van der Waals surface area contributed by atoms with E-state index >= 15 is 0 Å². The number of hydrogen-bond donors (Lipinski definition) is 0. The highest BCUT2D eigenvalue weighted by Gasteiger charge is 2.36. The fourth-order valence-corrected chi connectivity index (χ4v) is 1.31. The number of rotatable bonds is 0. The van der Waals surface area contributed by atoms with Crippen LogP contribution >= 0.6 is 0 Å². The largest absolute Gasteiger partial charge is 0.372 e. The zero-order valence-electron chi connectivity index (χ0n) is 8.27. The van der Waals surface area contributed by atoms with Crippen LogP contribution in [0.5, 0.6) is 0 Å². The highest BCUT2D eigenvalue weighted by atomic mass is 16.5. The second-order valence-corrected chi connectivity index (χ2v) is 4.72. The number of nitrogens with zero attached hydrogens (tertiary/aromatic N) is 1. The molecule has 1 fully saturated rings. The van der Waals surface area contributed by atoms with Gasteiger partial charge in [-0.1, -0.05) is 0 Å². The minimum atomic E-state index is 0.0320. The molecule has 1 heterocycles. The molecule has 1 saturated heterocycles. The van der Waals surface area contributed by atoms with Gasteiger partial charge in [-0.15, -0.1) is 0 Å². The normalized spacial score (nSPS) is 30.3. The molecule has 0 spiro atoms. The van der Waals surface area contributed by atoms with Gasteiger partial charge in [-0.2, -0.15) is 0 Å². The molecule has 66 valence electrons. The van der Waals surface area contributed by atoms with Gasteiger partial charge in [0.05, 0.1) is 12.2 Å². The Morgan fingerprint density at radius 3 is 2.09 bits per heavy atom. The first-order chi connectivity index (χ1) is 4.83. The third kappa shape index (κ3) is 1.94. The molecule has 0 aliphatic carbocycles. The van der Waals surface area contributed by atoms with Crippen molar-refractivity contribution in [1.82, 2.24) is 4.90 Å². The summed E-state index contributed by atoms with van der Waals surface area (Å²) >= 11 is 0. The second-order valence-electron chi connectivity index (χ2n) is 4.72. The molecule has 0 aromatic heterocycles. The third-order valence-electron chi connectivity index (χ3n) is 2.47. The van der Waals surface area contributed by atoms with Crippen LogP contribution in [0, 0.1) is 0 Å². The fraction of sp³-hybridized carbons (Fsp3) is 1.00. The molecule has 0 unspecified atom stereocenters. The zero-order chi connectivity index (χ0) is 8.70. The van der Waals surface area contributed by atoms with Crippen molar-refractivity contribution in [1.29, 1.82) is 0 Å². The van der Waals surface area contributed by atoms with Gasteiger partial charge in [-0.3, -0.25) is 4.90 Å². The minimum absolute atomic E-state index is 0.0320. The van der Waals surface area contributed by atoms with Crippen molar-refractivity contribution in [2.75, 3.05) is 20.2 Å². The maximum absolute atomic E-state index is 5.71. The monoisotopic (exact) mass is 157 g/mol. The first-order valence-electron chi connectivity index (χ1n) is 4.19. The van der Waals surface area contributed by atoms with Gasteiger partial charge in [0.1, 0.15) is 0 Å². The summed E-state index contributed by atoms with van der Waals surface area (Å²) in [5.74, 6) is 0. The lowest BCUT2D eigenvalue weighted by molar-refractivity contribution is -0.134. The lowest BCUT2D eigenvalue weighted by atomic mass is 9.97. The topological polar surface area (TPSA) is 12.5 Å². The van der Waals surface area contributed by atoms with Crippen LogP contribution in [0.1, 0.15) is 27.7 Å². The summed E-state index contributed by atoms with van der Waals surface area (Å²) in [5.41, 5.74) is 0.236. The minimum Gasteiger partial charge on any atom is -0.372 e.